The van der Waals surface area contributed by atoms with Gasteiger partial charge in [0.1, 0.15) is 0 Å². The lowest BCUT2D eigenvalue weighted by molar-refractivity contribution is -0.113. The summed E-state index contributed by atoms with van der Waals surface area (Å²) in [4.78, 5) is 24.0. The third kappa shape index (κ3) is 7.34. The van der Waals surface area contributed by atoms with Crippen LogP contribution >= 0.6 is 23.4 Å². The number of hydrogen-bond acceptors (Lipinski definition) is 8. The number of sulfonamides is 1. The molecule has 5 N–H and O–H groups in total. The lowest BCUT2D eigenvalue weighted by Gasteiger charge is -2.09. The number of nitrogens with one attached hydrogen (secondary N) is 3. The highest BCUT2D eigenvalue weighted by Crippen LogP contribution is 2.23. The fourth-order valence-electron chi connectivity index (χ4n) is 2.81. The molecule has 0 aliphatic carbocycles. The molecule has 0 aliphatic heterocycles. The average Bonchev–Trinajstić information content (AvgIpc) is 3.18. The number of hydrogen-bond donors (Lipinski definition) is 4. The molecule has 35 heavy (non-hydrogen) atoms. The molecule has 3 amide bonds. The lowest BCUT2D eigenvalue weighted by atomic mass is 10.2. The minimum absolute atomic E-state index is 0.00448. The van der Waals surface area contributed by atoms with E-state index in [1.807, 2.05) is 11.6 Å². The largest absolute Gasteiger partial charge is 0.337 e. The van der Waals surface area contributed by atoms with Gasteiger partial charge < -0.3 is 16.5 Å². The molecule has 0 saturated carbocycles. The summed E-state index contributed by atoms with van der Waals surface area (Å²) in [5, 5.41) is 14.1. The summed E-state index contributed by atoms with van der Waals surface area (Å²) in [5.41, 5.74) is 1.11. The number of carbonyl (C=O) groups excluding carboxylic acids is 2. The Labute approximate surface area is 211 Å². The molecular weight excluding hydrogens is 514 g/mol. The number of anilines is 1. The van der Waals surface area contributed by atoms with E-state index in [2.05, 4.69) is 20.8 Å². The summed E-state index contributed by atoms with van der Waals surface area (Å²) in [5.74, 6) is 6.12. The van der Waals surface area contributed by atoms with Crippen LogP contribution < -0.4 is 21.2 Å². The van der Waals surface area contributed by atoms with E-state index in [0.717, 1.165) is 30.2 Å². The van der Waals surface area contributed by atoms with Crippen LogP contribution in [0.5, 0.6) is 0 Å². The van der Waals surface area contributed by atoms with E-state index in [4.69, 9.17) is 17.4 Å². The molecule has 0 bridgehead atoms. The van der Waals surface area contributed by atoms with E-state index in [9.17, 15) is 18.0 Å². The summed E-state index contributed by atoms with van der Waals surface area (Å²) in [6.45, 7) is 2.34. The minimum atomic E-state index is -4.03. The van der Waals surface area contributed by atoms with Crippen LogP contribution in [0.2, 0.25) is 5.02 Å². The summed E-state index contributed by atoms with van der Waals surface area (Å²) in [6, 6.07) is 11.6. The van der Waals surface area contributed by atoms with Crippen molar-refractivity contribution in [2.75, 3.05) is 23.5 Å². The zero-order valence-corrected chi connectivity index (χ0v) is 21.1. The Kier molecular flexibility index (Phi) is 8.95. The van der Waals surface area contributed by atoms with Crippen LogP contribution in [0.25, 0.3) is 11.4 Å². The van der Waals surface area contributed by atoms with Crippen molar-refractivity contribution in [2.45, 2.75) is 29.8 Å². The first-order valence-corrected chi connectivity index (χ1v) is 13.3. The molecule has 3 aromatic rings. The van der Waals surface area contributed by atoms with Gasteiger partial charge in [0.05, 0.1) is 10.6 Å². The topological polar surface area (TPSA) is 161 Å². The van der Waals surface area contributed by atoms with Crippen molar-refractivity contribution < 1.29 is 18.0 Å². The molecule has 186 valence electrons. The Morgan fingerprint density at radius 1 is 1.09 bits per heavy atom. The molecular formula is C21H24ClN7O4S2. The monoisotopic (exact) mass is 537 g/mol. The summed E-state index contributed by atoms with van der Waals surface area (Å²) in [6.07, 6.45) is 1.61. The highest BCUT2D eigenvalue weighted by Gasteiger charge is 2.18. The van der Waals surface area contributed by atoms with Crippen molar-refractivity contribution in [3.8, 4) is 11.4 Å². The van der Waals surface area contributed by atoms with Gasteiger partial charge >= 0.3 is 6.03 Å². The maximum absolute atomic E-state index is 12.3. The standard InChI is InChI=1S/C21H24ClN7O4S2/c1-2-3-12-24-20(31)28-35(32,33)17-10-8-16(9-11-17)25-18(30)13-34-21-27-26-19(29(21)23)14-4-6-15(22)7-5-14/h4-11H,2-3,12-13,23H2,1H3,(H,25,30)(H2,24,28,31). The number of rotatable bonds is 10. The molecule has 1 aromatic heterocycles. The highest BCUT2D eigenvalue weighted by molar-refractivity contribution is 7.99. The van der Waals surface area contributed by atoms with Gasteiger partial charge in [-0.3, -0.25) is 4.79 Å². The molecule has 3 rings (SSSR count). The van der Waals surface area contributed by atoms with E-state index < -0.39 is 16.1 Å². The third-order valence-electron chi connectivity index (χ3n) is 4.59. The smallest absolute Gasteiger partial charge is 0.328 e. The average molecular weight is 538 g/mol. The van der Waals surface area contributed by atoms with Crippen LogP contribution in [-0.2, 0) is 14.8 Å². The molecule has 0 atom stereocenters. The fourth-order valence-corrected chi connectivity index (χ4v) is 4.52. The van der Waals surface area contributed by atoms with Crippen molar-refractivity contribution in [3.05, 3.63) is 53.6 Å². The number of urea groups is 1. The van der Waals surface area contributed by atoms with Crippen molar-refractivity contribution in [3.63, 3.8) is 0 Å². The molecule has 14 heteroatoms. The van der Waals surface area contributed by atoms with Gasteiger partial charge in [0.15, 0.2) is 5.82 Å². The molecule has 0 unspecified atom stereocenters. The number of carbonyl (C=O) groups is 2. The summed E-state index contributed by atoms with van der Waals surface area (Å²) < 4.78 is 27.9. The highest BCUT2D eigenvalue weighted by atomic mass is 35.5. The molecule has 0 radical (unpaired) electrons. The lowest BCUT2D eigenvalue weighted by Crippen LogP contribution is -2.39. The second-order valence-electron chi connectivity index (χ2n) is 7.26. The van der Waals surface area contributed by atoms with Crippen molar-refractivity contribution >= 4 is 51.0 Å². The minimum Gasteiger partial charge on any atom is -0.337 e. The van der Waals surface area contributed by atoms with Crippen molar-refractivity contribution in [1.29, 1.82) is 0 Å². The summed E-state index contributed by atoms with van der Waals surface area (Å²) >= 11 is 6.99. The van der Waals surface area contributed by atoms with Crippen LogP contribution in [0.1, 0.15) is 19.8 Å². The Balaban J connectivity index is 1.54. The fraction of sp³-hybridized carbons (Fsp3) is 0.238. The molecule has 0 aliphatic rings. The number of nitrogens with two attached hydrogens (primary N) is 1. The zero-order valence-electron chi connectivity index (χ0n) is 18.7. The maximum atomic E-state index is 12.3. The predicted molar refractivity (Wildman–Crippen MR) is 135 cm³/mol. The Bertz CT molecular complexity index is 1280. The van der Waals surface area contributed by atoms with E-state index in [0.29, 0.717) is 28.2 Å². The molecule has 0 spiro atoms. The number of aromatic nitrogens is 3. The number of benzene rings is 2. The Hall–Kier alpha value is -3.29. The van der Waals surface area contributed by atoms with E-state index in [-0.39, 0.29) is 16.6 Å². The molecule has 2 aromatic carbocycles. The first-order chi connectivity index (χ1) is 16.7. The van der Waals surface area contributed by atoms with Crippen molar-refractivity contribution in [2.24, 2.45) is 0 Å². The number of halogens is 1. The van der Waals surface area contributed by atoms with Gasteiger partial charge in [-0.2, -0.15) is 0 Å². The number of unbranched alkanes of at least 4 members (excludes halogenated alkanes) is 1. The predicted octanol–water partition coefficient (Wildman–Crippen LogP) is 2.83. The molecule has 0 fully saturated rings. The summed E-state index contributed by atoms with van der Waals surface area (Å²) in [7, 11) is -4.03. The molecule has 11 nitrogen and oxygen atoms in total. The van der Waals surface area contributed by atoms with Crippen LogP contribution in [-0.4, -0.2) is 47.5 Å². The van der Waals surface area contributed by atoms with Gasteiger partial charge in [-0.05, 0) is 55.0 Å². The van der Waals surface area contributed by atoms with Crippen molar-refractivity contribution in [1.82, 2.24) is 24.9 Å². The third-order valence-corrected chi connectivity index (χ3v) is 7.13. The molecule has 0 saturated heterocycles. The van der Waals surface area contributed by atoms with Gasteiger partial charge in [0, 0.05) is 22.8 Å². The Morgan fingerprint density at radius 2 is 1.77 bits per heavy atom. The van der Waals surface area contributed by atoms with Gasteiger partial charge in [-0.15, -0.1) is 10.2 Å². The number of thioether (sulfide) groups is 1. The number of amides is 3. The quantitative estimate of drug-likeness (QED) is 0.174. The second-order valence-corrected chi connectivity index (χ2v) is 10.3. The van der Waals surface area contributed by atoms with Crippen LogP contribution in [0.15, 0.2) is 58.6 Å². The van der Waals surface area contributed by atoms with E-state index in [1.165, 1.54) is 28.9 Å². The van der Waals surface area contributed by atoms with E-state index in [1.54, 1.807) is 24.3 Å². The van der Waals surface area contributed by atoms with Crippen LogP contribution in [0.4, 0.5) is 10.5 Å². The van der Waals surface area contributed by atoms with Gasteiger partial charge in [0.2, 0.25) is 11.1 Å². The van der Waals surface area contributed by atoms with Crippen LogP contribution in [0, 0.1) is 0 Å². The SMILES string of the molecule is CCCCNC(=O)NS(=O)(=O)c1ccc(NC(=O)CSc2nnc(-c3ccc(Cl)cc3)n2N)cc1. The second kappa shape index (κ2) is 11.9. The maximum Gasteiger partial charge on any atom is 0.328 e. The normalized spacial score (nSPS) is 11.1. The Morgan fingerprint density at radius 3 is 2.43 bits per heavy atom. The first kappa shape index (κ1) is 26.3. The van der Waals surface area contributed by atoms with Gasteiger partial charge in [0.25, 0.3) is 10.0 Å². The number of nitrogens with zero attached hydrogens (tertiary/aromatic N) is 3. The van der Waals surface area contributed by atoms with Gasteiger partial charge in [-0.1, -0.05) is 36.7 Å². The van der Waals surface area contributed by atoms with E-state index >= 15 is 0 Å². The zero-order chi connectivity index (χ0) is 25.4. The van der Waals surface area contributed by atoms with Crippen LogP contribution in [0.3, 0.4) is 0 Å². The molecule has 1 heterocycles. The number of nitrogen functional groups attached to an aromatic ring is 1. The van der Waals surface area contributed by atoms with Gasteiger partial charge in [-0.25, -0.2) is 22.6 Å². The first-order valence-electron chi connectivity index (χ1n) is 10.5.